The number of rotatable bonds is 6. The Morgan fingerprint density at radius 2 is 2.26 bits per heavy atom. The summed E-state index contributed by atoms with van der Waals surface area (Å²) in [6.07, 6.45) is 4.89. The lowest BCUT2D eigenvalue weighted by Crippen LogP contribution is -2.18. The number of nitrogens with two attached hydrogens (primary N) is 1. The van der Waals surface area contributed by atoms with Crippen molar-refractivity contribution in [2.45, 2.75) is 32.4 Å². The minimum Gasteiger partial charge on any atom is -0.481 e. The van der Waals surface area contributed by atoms with E-state index in [9.17, 15) is 0 Å². The summed E-state index contributed by atoms with van der Waals surface area (Å²) in [4.78, 5) is 8.43. The van der Waals surface area contributed by atoms with E-state index in [0.29, 0.717) is 12.3 Å². The van der Waals surface area contributed by atoms with Gasteiger partial charge in [0.15, 0.2) is 0 Å². The molecule has 0 amide bonds. The molecule has 0 radical (unpaired) electrons. The van der Waals surface area contributed by atoms with E-state index in [1.54, 1.807) is 19.6 Å². The molecule has 0 fully saturated rings. The van der Waals surface area contributed by atoms with Gasteiger partial charge in [-0.2, -0.15) is 5.10 Å². The minimum absolute atomic E-state index is 0.205. The fraction of sp³-hybridized carbons (Fsp3) is 0.462. The lowest BCUT2D eigenvalue weighted by molar-refractivity contribution is 0.387. The molecule has 6 nitrogen and oxygen atoms in total. The maximum absolute atomic E-state index is 6.23. The van der Waals surface area contributed by atoms with E-state index in [0.717, 1.165) is 24.4 Å². The minimum atomic E-state index is -0.205. The molecule has 0 aliphatic heterocycles. The highest BCUT2D eigenvalue weighted by molar-refractivity contribution is 5.29. The molecule has 0 spiro atoms. The van der Waals surface area contributed by atoms with Gasteiger partial charge >= 0.3 is 0 Å². The van der Waals surface area contributed by atoms with Crippen LogP contribution < -0.4 is 10.5 Å². The van der Waals surface area contributed by atoms with E-state index in [1.165, 1.54) is 0 Å². The number of hydrogen-bond acceptors (Lipinski definition) is 5. The van der Waals surface area contributed by atoms with Crippen molar-refractivity contribution < 1.29 is 4.74 Å². The molecule has 0 aliphatic carbocycles. The Hall–Kier alpha value is -1.95. The zero-order valence-corrected chi connectivity index (χ0v) is 11.3. The standard InChI is InChI=1S/C13H19N5O/c1-3-7-18-12(16-9-17-18)8-11(14)10-5-4-6-15-13(10)19-2/h4-6,9,11H,3,7-8,14H2,1-2H3. The van der Waals surface area contributed by atoms with Crippen LogP contribution in [0.4, 0.5) is 0 Å². The average molecular weight is 261 g/mol. The highest BCUT2D eigenvalue weighted by Gasteiger charge is 2.16. The number of aryl methyl sites for hydroxylation is 1. The molecule has 1 atom stereocenters. The van der Waals surface area contributed by atoms with Crippen LogP contribution in [0.5, 0.6) is 5.88 Å². The van der Waals surface area contributed by atoms with Crippen LogP contribution in [-0.4, -0.2) is 26.9 Å². The van der Waals surface area contributed by atoms with Gasteiger partial charge in [0, 0.05) is 30.8 Å². The smallest absolute Gasteiger partial charge is 0.217 e. The van der Waals surface area contributed by atoms with E-state index in [1.807, 2.05) is 16.8 Å². The quantitative estimate of drug-likeness (QED) is 0.848. The predicted molar refractivity (Wildman–Crippen MR) is 71.7 cm³/mol. The van der Waals surface area contributed by atoms with Crippen LogP contribution in [0.2, 0.25) is 0 Å². The molecule has 102 valence electrons. The van der Waals surface area contributed by atoms with Crippen LogP contribution in [0.15, 0.2) is 24.7 Å². The van der Waals surface area contributed by atoms with Gasteiger partial charge in [0.2, 0.25) is 5.88 Å². The van der Waals surface area contributed by atoms with Gasteiger partial charge in [0.25, 0.3) is 0 Å². The molecular formula is C13H19N5O. The fourth-order valence-corrected chi connectivity index (χ4v) is 2.01. The number of ether oxygens (including phenoxy) is 1. The molecule has 2 rings (SSSR count). The summed E-state index contributed by atoms with van der Waals surface area (Å²) < 4.78 is 7.12. The molecule has 19 heavy (non-hydrogen) atoms. The molecule has 0 aliphatic rings. The van der Waals surface area contributed by atoms with Gasteiger partial charge < -0.3 is 10.5 Å². The second-order valence-corrected chi connectivity index (χ2v) is 4.31. The van der Waals surface area contributed by atoms with Crippen LogP contribution in [0.25, 0.3) is 0 Å². The fourth-order valence-electron chi connectivity index (χ4n) is 2.01. The van der Waals surface area contributed by atoms with Crippen molar-refractivity contribution in [3.63, 3.8) is 0 Å². The number of pyridine rings is 1. The van der Waals surface area contributed by atoms with Crippen LogP contribution in [0.1, 0.15) is 30.8 Å². The summed E-state index contributed by atoms with van der Waals surface area (Å²) in [6.45, 7) is 2.96. The third-order valence-electron chi connectivity index (χ3n) is 2.93. The summed E-state index contributed by atoms with van der Waals surface area (Å²) in [7, 11) is 1.60. The monoisotopic (exact) mass is 261 g/mol. The Labute approximate surface area is 112 Å². The third-order valence-corrected chi connectivity index (χ3v) is 2.93. The number of methoxy groups -OCH3 is 1. The topological polar surface area (TPSA) is 78.9 Å². The molecular weight excluding hydrogens is 242 g/mol. The van der Waals surface area contributed by atoms with Crippen molar-refractivity contribution >= 4 is 0 Å². The van der Waals surface area contributed by atoms with Gasteiger partial charge in [-0.25, -0.2) is 9.97 Å². The number of nitrogens with zero attached hydrogens (tertiary/aromatic N) is 4. The first kappa shape index (κ1) is 13.5. The molecule has 6 heteroatoms. The van der Waals surface area contributed by atoms with Crippen molar-refractivity contribution in [1.82, 2.24) is 19.7 Å². The van der Waals surface area contributed by atoms with E-state index in [4.69, 9.17) is 10.5 Å². The first-order valence-electron chi connectivity index (χ1n) is 6.37. The lowest BCUT2D eigenvalue weighted by atomic mass is 10.1. The summed E-state index contributed by atoms with van der Waals surface area (Å²) in [5.41, 5.74) is 7.11. The lowest BCUT2D eigenvalue weighted by Gasteiger charge is -2.14. The van der Waals surface area contributed by atoms with Gasteiger partial charge in [-0.3, -0.25) is 4.68 Å². The van der Waals surface area contributed by atoms with Crippen molar-refractivity contribution in [3.8, 4) is 5.88 Å². The third kappa shape index (κ3) is 3.08. The summed E-state index contributed by atoms with van der Waals surface area (Å²) in [6, 6.07) is 3.58. The molecule has 2 aromatic heterocycles. The summed E-state index contributed by atoms with van der Waals surface area (Å²) >= 11 is 0. The Balaban J connectivity index is 2.16. The molecule has 0 saturated carbocycles. The van der Waals surface area contributed by atoms with E-state index < -0.39 is 0 Å². The first-order chi connectivity index (χ1) is 9.26. The van der Waals surface area contributed by atoms with Gasteiger partial charge in [0.1, 0.15) is 12.2 Å². The summed E-state index contributed by atoms with van der Waals surface area (Å²) in [5.74, 6) is 1.46. The van der Waals surface area contributed by atoms with Crippen molar-refractivity contribution in [3.05, 3.63) is 36.0 Å². The normalized spacial score (nSPS) is 12.4. The van der Waals surface area contributed by atoms with E-state index >= 15 is 0 Å². The SMILES string of the molecule is CCCn1ncnc1CC(N)c1cccnc1OC. The molecule has 2 heterocycles. The molecule has 2 N–H and O–H groups in total. The van der Waals surface area contributed by atoms with Crippen molar-refractivity contribution in [1.29, 1.82) is 0 Å². The Morgan fingerprint density at radius 3 is 3.00 bits per heavy atom. The molecule has 0 aromatic carbocycles. The molecule has 0 saturated heterocycles. The highest BCUT2D eigenvalue weighted by Crippen LogP contribution is 2.22. The van der Waals surface area contributed by atoms with Crippen molar-refractivity contribution in [2.24, 2.45) is 5.73 Å². The molecule has 0 bridgehead atoms. The number of aromatic nitrogens is 4. The zero-order valence-electron chi connectivity index (χ0n) is 11.3. The van der Waals surface area contributed by atoms with Gasteiger partial charge in [0.05, 0.1) is 7.11 Å². The van der Waals surface area contributed by atoms with Crippen molar-refractivity contribution in [2.75, 3.05) is 7.11 Å². The molecule has 1 unspecified atom stereocenters. The maximum atomic E-state index is 6.23. The van der Waals surface area contributed by atoms with Gasteiger partial charge in [-0.05, 0) is 12.5 Å². The average Bonchev–Trinajstić information content (AvgIpc) is 2.86. The zero-order chi connectivity index (χ0) is 13.7. The largest absolute Gasteiger partial charge is 0.481 e. The van der Waals surface area contributed by atoms with Crippen LogP contribution >= 0.6 is 0 Å². The van der Waals surface area contributed by atoms with E-state index in [2.05, 4.69) is 22.0 Å². The summed E-state index contributed by atoms with van der Waals surface area (Å²) in [5, 5.41) is 4.20. The second kappa shape index (κ2) is 6.29. The van der Waals surface area contributed by atoms with Crippen LogP contribution in [-0.2, 0) is 13.0 Å². The maximum Gasteiger partial charge on any atom is 0.217 e. The second-order valence-electron chi connectivity index (χ2n) is 4.31. The first-order valence-corrected chi connectivity index (χ1v) is 6.37. The predicted octanol–water partition coefficient (Wildman–Crippen LogP) is 1.33. The Morgan fingerprint density at radius 1 is 1.42 bits per heavy atom. The Bertz CT molecular complexity index is 525. The highest BCUT2D eigenvalue weighted by atomic mass is 16.5. The Kier molecular flexibility index (Phi) is 4.46. The van der Waals surface area contributed by atoms with E-state index in [-0.39, 0.29) is 6.04 Å². The molecule has 2 aromatic rings. The van der Waals surface area contributed by atoms with Gasteiger partial charge in [-0.1, -0.05) is 13.0 Å². The van der Waals surface area contributed by atoms with Crippen LogP contribution in [0, 0.1) is 0 Å². The van der Waals surface area contributed by atoms with Crippen LogP contribution in [0.3, 0.4) is 0 Å². The number of hydrogen-bond donors (Lipinski definition) is 1. The van der Waals surface area contributed by atoms with Gasteiger partial charge in [-0.15, -0.1) is 0 Å².